The minimum absolute atomic E-state index is 0.195. The molecule has 0 saturated carbocycles. The third-order valence-corrected chi connectivity index (χ3v) is 3.58. The van der Waals surface area contributed by atoms with Crippen LogP contribution in [0.3, 0.4) is 0 Å². The highest BCUT2D eigenvalue weighted by molar-refractivity contribution is 7.13. The molecule has 6 heteroatoms. The number of nitrogens with zero attached hydrogens (tertiary/aromatic N) is 2. The second-order valence-electron chi connectivity index (χ2n) is 3.87. The summed E-state index contributed by atoms with van der Waals surface area (Å²) in [6, 6.07) is 6.01. The molecule has 18 heavy (non-hydrogen) atoms. The van der Waals surface area contributed by atoms with E-state index in [9.17, 15) is 9.18 Å². The topological polar surface area (TPSA) is 68.3 Å². The first-order valence-corrected chi connectivity index (χ1v) is 6.08. The summed E-state index contributed by atoms with van der Waals surface area (Å²) in [5.74, 6) is -0.567. The lowest BCUT2D eigenvalue weighted by atomic mass is 10.0. The van der Waals surface area contributed by atoms with Gasteiger partial charge < -0.3 is 5.73 Å². The van der Waals surface area contributed by atoms with Gasteiger partial charge in [-0.2, -0.15) is 4.99 Å². The molecule has 1 aliphatic heterocycles. The van der Waals surface area contributed by atoms with E-state index >= 15 is 0 Å². The Bertz CT molecular complexity index is 749. The molecule has 0 aliphatic carbocycles. The number of halogens is 1. The van der Waals surface area contributed by atoms with Gasteiger partial charge in [0.1, 0.15) is 5.82 Å². The van der Waals surface area contributed by atoms with Crippen molar-refractivity contribution in [3.63, 3.8) is 0 Å². The van der Waals surface area contributed by atoms with Crippen molar-refractivity contribution in [1.29, 1.82) is 0 Å². The summed E-state index contributed by atoms with van der Waals surface area (Å²) in [5, 5.41) is 0.373. The lowest BCUT2D eigenvalue weighted by Gasteiger charge is -2.07. The third kappa shape index (κ3) is 1.80. The largest absolute Gasteiger partial charge is 0.375 e. The molecule has 0 radical (unpaired) electrons. The molecule has 0 unspecified atom stereocenters. The van der Waals surface area contributed by atoms with E-state index in [0.717, 1.165) is 15.7 Å². The maximum atomic E-state index is 12.9. The predicted molar refractivity (Wildman–Crippen MR) is 65.8 cm³/mol. The predicted octanol–water partition coefficient (Wildman–Crippen LogP) is 0.613. The fourth-order valence-electron chi connectivity index (χ4n) is 1.87. The molecule has 1 aliphatic rings. The van der Waals surface area contributed by atoms with E-state index in [1.807, 2.05) is 0 Å². The molecular weight excluding hydrogens is 253 g/mol. The number of thiazole rings is 1. The highest BCUT2D eigenvalue weighted by atomic mass is 32.1. The number of rotatable bonds is 1. The normalized spacial score (nSPS) is 14.3. The van der Waals surface area contributed by atoms with Gasteiger partial charge in [-0.15, -0.1) is 0 Å². The van der Waals surface area contributed by atoms with Gasteiger partial charge in [-0.05, 0) is 23.3 Å². The smallest absolute Gasteiger partial charge is 0.252 e. The molecule has 0 bridgehead atoms. The van der Waals surface area contributed by atoms with Crippen LogP contribution < -0.4 is 15.8 Å². The zero-order chi connectivity index (χ0) is 12.7. The molecule has 90 valence electrons. The Labute approximate surface area is 105 Å². The number of carbonyl (C=O) groups is 1. The average Bonchev–Trinajstić information content (AvgIpc) is 2.69. The molecule has 0 atom stereocenters. The summed E-state index contributed by atoms with van der Waals surface area (Å²) in [4.78, 5) is 19.4. The van der Waals surface area contributed by atoms with Crippen molar-refractivity contribution in [3.05, 3.63) is 45.7 Å². The Morgan fingerprint density at radius 1 is 1.28 bits per heavy atom. The number of aromatic nitrogens is 1. The number of fused-ring (bicyclic) bond motifs is 1. The molecule has 0 spiro atoms. The maximum Gasteiger partial charge on any atom is 0.252 e. The summed E-state index contributed by atoms with van der Waals surface area (Å²) >= 11 is 1.29. The Morgan fingerprint density at radius 2 is 2.00 bits per heavy atom. The number of benzene rings is 1. The first-order valence-electron chi connectivity index (χ1n) is 5.26. The summed E-state index contributed by atoms with van der Waals surface area (Å²) in [7, 11) is 0. The average molecular weight is 261 g/mol. The molecule has 3 rings (SSSR count). The Kier molecular flexibility index (Phi) is 2.45. The number of hydrogen-bond donors (Lipinski definition) is 1. The van der Waals surface area contributed by atoms with Crippen LogP contribution in [-0.2, 0) is 4.79 Å². The molecule has 1 aromatic carbocycles. The summed E-state index contributed by atoms with van der Waals surface area (Å²) < 4.78 is 13.7. The Balaban J connectivity index is 2.31. The first-order chi connectivity index (χ1) is 8.63. The molecule has 2 N–H and O–H groups in total. The standard InChI is InChI=1S/C12H8FN3OS/c13-7-3-1-6(2-4-7)8-5-9(17)15-11-10(8)18-12(14)16-11/h1-4H,5H2,(H2,14,15,16,17). The lowest BCUT2D eigenvalue weighted by molar-refractivity contribution is -0.117. The van der Waals surface area contributed by atoms with Gasteiger partial charge in [0.15, 0.2) is 10.6 Å². The molecule has 0 saturated heterocycles. The minimum atomic E-state index is -0.310. The van der Waals surface area contributed by atoms with Crippen LogP contribution in [0.25, 0.3) is 5.57 Å². The van der Waals surface area contributed by atoms with Crippen molar-refractivity contribution in [3.8, 4) is 0 Å². The van der Waals surface area contributed by atoms with E-state index < -0.39 is 0 Å². The van der Waals surface area contributed by atoms with E-state index in [4.69, 9.17) is 5.73 Å². The highest BCUT2D eigenvalue weighted by Crippen LogP contribution is 2.18. The van der Waals surface area contributed by atoms with Gasteiger partial charge in [0.25, 0.3) is 5.91 Å². The molecular formula is C12H8FN3OS. The van der Waals surface area contributed by atoms with Crippen molar-refractivity contribution >= 4 is 27.9 Å². The van der Waals surface area contributed by atoms with Crippen molar-refractivity contribution in [2.75, 3.05) is 5.73 Å². The quantitative estimate of drug-likeness (QED) is 0.818. The zero-order valence-corrected chi connectivity index (χ0v) is 10.00. The second kappa shape index (κ2) is 3.99. The summed E-state index contributed by atoms with van der Waals surface area (Å²) in [6.07, 6.45) is 0.195. The Morgan fingerprint density at radius 3 is 2.72 bits per heavy atom. The molecule has 0 fully saturated rings. The van der Waals surface area contributed by atoms with Crippen LogP contribution in [0.2, 0.25) is 0 Å². The van der Waals surface area contributed by atoms with Crippen molar-refractivity contribution in [2.45, 2.75) is 6.42 Å². The fraction of sp³-hybridized carbons (Fsp3) is 0.0833. The Hall–Kier alpha value is -2.08. The number of nitrogens with two attached hydrogens (primary N) is 1. The van der Waals surface area contributed by atoms with E-state index in [1.165, 1.54) is 23.5 Å². The van der Waals surface area contributed by atoms with Gasteiger partial charge in [0.2, 0.25) is 0 Å². The van der Waals surface area contributed by atoms with Crippen LogP contribution in [-0.4, -0.2) is 10.9 Å². The summed E-state index contributed by atoms with van der Waals surface area (Å²) in [5.41, 5.74) is 7.60. The zero-order valence-electron chi connectivity index (χ0n) is 9.18. The lowest BCUT2D eigenvalue weighted by Crippen LogP contribution is -2.30. The number of hydrogen-bond acceptors (Lipinski definition) is 4. The van der Waals surface area contributed by atoms with E-state index in [0.29, 0.717) is 10.6 Å². The SMILES string of the molecule is Nc1nc2c(s1)=C(c1ccc(F)cc1)CC(=O)N=2. The van der Waals surface area contributed by atoms with Gasteiger partial charge in [0.05, 0.1) is 11.0 Å². The van der Waals surface area contributed by atoms with Crippen LogP contribution in [0.15, 0.2) is 29.3 Å². The maximum absolute atomic E-state index is 12.9. The second-order valence-corrected chi connectivity index (χ2v) is 4.90. The van der Waals surface area contributed by atoms with Crippen molar-refractivity contribution < 1.29 is 9.18 Å². The van der Waals surface area contributed by atoms with E-state index in [1.54, 1.807) is 12.1 Å². The van der Waals surface area contributed by atoms with Crippen molar-refractivity contribution in [2.24, 2.45) is 4.99 Å². The van der Waals surface area contributed by atoms with Gasteiger partial charge in [-0.1, -0.05) is 23.5 Å². The van der Waals surface area contributed by atoms with Crippen LogP contribution in [0.1, 0.15) is 12.0 Å². The van der Waals surface area contributed by atoms with E-state index in [-0.39, 0.29) is 18.1 Å². The molecule has 2 heterocycles. The van der Waals surface area contributed by atoms with Crippen LogP contribution >= 0.6 is 11.3 Å². The number of carbonyl (C=O) groups excluding carboxylic acids is 1. The monoisotopic (exact) mass is 261 g/mol. The van der Waals surface area contributed by atoms with Crippen LogP contribution in [0, 0.1) is 5.82 Å². The first kappa shape index (κ1) is 11.0. The van der Waals surface area contributed by atoms with Gasteiger partial charge in [0, 0.05) is 0 Å². The molecule has 1 aromatic heterocycles. The number of anilines is 1. The van der Waals surface area contributed by atoms with Crippen molar-refractivity contribution in [1.82, 2.24) is 4.98 Å². The van der Waals surface area contributed by atoms with Crippen LogP contribution in [0.5, 0.6) is 0 Å². The molecule has 1 amide bonds. The number of nitrogen functional groups attached to an aromatic ring is 1. The highest BCUT2D eigenvalue weighted by Gasteiger charge is 2.16. The number of amides is 1. The minimum Gasteiger partial charge on any atom is -0.375 e. The van der Waals surface area contributed by atoms with Gasteiger partial charge in [-0.25, -0.2) is 9.37 Å². The van der Waals surface area contributed by atoms with Gasteiger partial charge in [-0.3, -0.25) is 4.79 Å². The molecule has 4 nitrogen and oxygen atoms in total. The summed E-state index contributed by atoms with van der Waals surface area (Å²) in [6.45, 7) is 0. The van der Waals surface area contributed by atoms with Crippen LogP contribution in [0.4, 0.5) is 9.52 Å². The molecule has 2 aromatic rings. The third-order valence-electron chi connectivity index (χ3n) is 2.65. The van der Waals surface area contributed by atoms with E-state index in [2.05, 4.69) is 9.98 Å². The van der Waals surface area contributed by atoms with Gasteiger partial charge >= 0.3 is 0 Å². The fourth-order valence-corrected chi connectivity index (χ4v) is 2.71.